The normalized spacial score (nSPS) is 35.0. The van der Waals surface area contributed by atoms with E-state index in [1.807, 2.05) is 25.1 Å². The second kappa shape index (κ2) is 7.16. The minimum atomic E-state index is -0.443. The van der Waals surface area contributed by atoms with E-state index in [9.17, 15) is 9.90 Å². The van der Waals surface area contributed by atoms with Crippen molar-refractivity contribution in [1.29, 1.82) is 0 Å². The molecule has 1 saturated heterocycles. The average Bonchev–Trinajstić information content (AvgIpc) is 2.75. The van der Waals surface area contributed by atoms with Crippen molar-refractivity contribution in [1.82, 2.24) is 15.3 Å². The summed E-state index contributed by atoms with van der Waals surface area (Å²) in [4.78, 5) is 24.8. The van der Waals surface area contributed by atoms with Gasteiger partial charge in [-0.05, 0) is 75.7 Å². The van der Waals surface area contributed by atoms with Crippen molar-refractivity contribution in [2.45, 2.75) is 63.5 Å². The largest absolute Gasteiger partial charge is 0.390 e. The van der Waals surface area contributed by atoms with Crippen molar-refractivity contribution in [3.8, 4) is 0 Å². The molecule has 5 atom stereocenters. The molecule has 2 heterocycles. The van der Waals surface area contributed by atoms with E-state index in [0.717, 1.165) is 67.7 Å². The zero-order valence-corrected chi connectivity index (χ0v) is 18.3. The molecule has 1 aliphatic heterocycles. The van der Waals surface area contributed by atoms with Gasteiger partial charge in [-0.2, -0.15) is 0 Å². The molecular formula is C25H32N4O2. The minimum absolute atomic E-state index is 0.0677. The van der Waals surface area contributed by atoms with Crippen LogP contribution in [0.3, 0.4) is 0 Å². The van der Waals surface area contributed by atoms with Crippen molar-refractivity contribution >= 4 is 22.8 Å². The van der Waals surface area contributed by atoms with Gasteiger partial charge in [-0.25, -0.2) is 9.97 Å². The van der Waals surface area contributed by atoms with E-state index in [1.165, 1.54) is 12.8 Å². The van der Waals surface area contributed by atoms with Gasteiger partial charge in [0.15, 0.2) is 0 Å². The molecule has 7 rings (SSSR count). The SMILES string of the molecule is Cc1nc(N2CCC(C(=O)NC3[C@@H]4CC5C[C@H]3CC(O)(C5)C4)CC2)nc2ccccc12. The molecule has 4 bridgehead atoms. The summed E-state index contributed by atoms with van der Waals surface area (Å²) in [5, 5.41) is 15.3. The number of aryl methyl sites for hydroxylation is 1. The highest BCUT2D eigenvalue weighted by Gasteiger charge is 2.55. The van der Waals surface area contributed by atoms with Gasteiger partial charge in [0.05, 0.1) is 16.8 Å². The fourth-order valence-corrected chi connectivity index (χ4v) is 7.20. The van der Waals surface area contributed by atoms with Crippen LogP contribution in [-0.4, -0.2) is 45.7 Å². The molecule has 1 aromatic carbocycles. The molecule has 4 aliphatic carbocycles. The maximum Gasteiger partial charge on any atom is 0.226 e. The molecule has 31 heavy (non-hydrogen) atoms. The van der Waals surface area contributed by atoms with Crippen LogP contribution < -0.4 is 10.2 Å². The average molecular weight is 421 g/mol. The van der Waals surface area contributed by atoms with Crippen LogP contribution in [0.15, 0.2) is 24.3 Å². The lowest BCUT2D eigenvalue weighted by atomic mass is 9.52. The molecule has 0 spiro atoms. The number of carbonyl (C=O) groups is 1. The number of rotatable bonds is 3. The lowest BCUT2D eigenvalue weighted by Crippen LogP contribution is -2.62. The van der Waals surface area contributed by atoms with Crippen LogP contribution in [0.2, 0.25) is 0 Å². The van der Waals surface area contributed by atoms with E-state index < -0.39 is 5.60 Å². The maximum absolute atomic E-state index is 13.1. The van der Waals surface area contributed by atoms with E-state index >= 15 is 0 Å². The molecule has 2 aromatic rings. The summed E-state index contributed by atoms with van der Waals surface area (Å²) in [5.74, 6) is 2.68. The van der Waals surface area contributed by atoms with Gasteiger partial charge < -0.3 is 15.3 Å². The Morgan fingerprint density at radius 3 is 2.52 bits per heavy atom. The quantitative estimate of drug-likeness (QED) is 0.797. The van der Waals surface area contributed by atoms with Gasteiger partial charge in [0.25, 0.3) is 0 Å². The number of piperidine rings is 1. The van der Waals surface area contributed by atoms with Crippen LogP contribution in [0.5, 0.6) is 0 Å². The molecule has 6 nitrogen and oxygen atoms in total. The highest BCUT2D eigenvalue weighted by molar-refractivity contribution is 5.82. The van der Waals surface area contributed by atoms with Crippen molar-refractivity contribution < 1.29 is 9.90 Å². The van der Waals surface area contributed by atoms with Gasteiger partial charge >= 0.3 is 0 Å². The van der Waals surface area contributed by atoms with E-state index in [-0.39, 0.29) is 17.9 Å². The number of nitrogens with one attached hydrogen (secondary N) is 1. The summed E-state index contributed by atoms with van der Waals surface area (Å²) < 4.78 is 0. The first kappa shape index (κ1) is 19.5. The molecule has 5 aliphatic rings. The van der Waals surface area contributed by atoms with E-state index in [4.69, 9.17) is 9.97 Å². The van der Waals surface area contributed by atoms with Crippen LogP contribution in [0.25, 0.3) is 10.9 Å². The molecule has 3 unspecified atom stereocenters. The number of hydrogen-bond acceptors (Lipinski definition) is 5. The number of anilines is 1. The molecular weight excluding hydrogens is 388 g/mol. The summed E-state index contributed by atoms with van der Waals surface area (Å²) in [5.41, 5.74) is 1.54. The summed E-state index contributed by atoms with van der Waals surface area (Å²) in [7, 11) is 0. The number of carbonyl (C=O) groups excluding carboxylic acids is 1. The fraction of sp³-hybridized carbons (Fsp3) is 0.640. The van der Waals surface area contributed by atoms with Gasteiger partial charge in [-0.3, -0.25) is 4.79 Å². The topological polar surface area (TPSA) is 78.4 Å². The Hall–Kier alpha value is -2.21. The number of aliphatic hydroxyl groups is 1. The molecule has 0 radical (unpaired) electrons. The first-order valence-corrected chi connectivity index (χ1v) is 12.0. The smallest absolute Gasteiger partial charge is 0.226 e. The summed E-state index contributed by atoms with van der Waals surface area (Å²) in [6, 6.07) is 8.40. The second-order valence-electron chi connectivity index (χ2n) is 10.6. The third kappa shape index (κ3) is 3.39. The monoisotopic (exact) mass is 420 g/mol. The van der Waals surface area contributed by atoms with Gasteiger partial charge in [-0.1, -0.05) is 18.2 Å². The maximum atomic E-state index is 13.1. The van der Waals surface area contributed by atoms with E-state index in [0.29, 0.717) is 17.8 Å². The number of amides is 1. The Kier molecular flexibility index (Phi) is 4.50. The zero-order valence-electron chi connectivity index (χ0n) is 18.3. The molecule has 1 amide bonds. The summed E-state index contributed by atoms with van der Waals surface area (Å²) in [6.07, 6.45) is 6.78. The molecule has 6 heteroatoms. The van der Waals surface area contributed by atoms with Gasteiger partial charge in [0.2, 0.25) is 11.9 Å². The Labute approximate surface area is 183 Å². The fourth-order valence-electron chi connectivity index (χ4n) is 7.20. The highest BCUT2D eigenvalue weighted by atomic mass is 16.3. The number of fused-ring (bicyclic) bond motifs is 1. The van der Waals surface area contributed by atoms with Crippen LogP contribution in [0, 0.1) is 30.6 Å². The van der Waals surface area contributed by atoms with Crippen LogP contribution in [-0.2, 0) is 4.79 Å². The van der Waals surface area contributed by atoms with Crippen molar-refractivity contribution in [3.63, 3.8) is 0 Å². The third-order valence-electron chi connectivity index (χ3n) is 8.48. The molecule has 4 saturated carbocycles. The Morgan fingerprint density at radius 1 is 1.10 bits per heavy atom. The van der Waals surface area contributed by atoms with Crippen molar-refractivity contribution in [3.05, 3.63) is 30.0 Å². The number of benzene rings is 1. The van der Waals surface area contributed by atoms with Crippen LogP contribution >= 0.6 is 0 Å². The van der Waals surface area contributed by atoms with Crippen LogP contribution in [0.4, 0.5) is 5.95 Å². The van der Waals surface area contributed by atoms with Crippen molar-refractivity contribution in [2.75, 3.05) is 18.0 Å². The Bertz CT molecular complexity index is 1000. The van der Waals surface area contributed by atoms with Gasteiger partial charge in [-0.15, -0.1) is 0 Å². The number of aromatic nitrogens is 2. The van der Waals surface area contributed by atoms with Gasteiger partial charge in [0, 0.05) is 30.4 Å². The number of nitrogens with zero attached hydrogens (tertiary/aromatic N) is 3. The first-order chi connectivity index (χ1) is 15.0. The Balaban J connectivity index is 1.10. The zero-order chi connectivity index (χ0) is 21.2. The molecule has 1 aromatic heterocycles. The highest BCUT2D eigenvalue weighted by Crippen LogP contribution is 2.55. The summed E-state index contributed by atoms with van der Waals surface area (Å²) in [6.45, 7) is 3.67. The number of para-hydroxylation sites is 1. The lowest BCUT2D eigenvalue weighted by Gasteiger charge is -2.58. The predicted molar refractivity (Wildman–Crippen MR) is 120 cm³/mol. The second-order valence-corrected chi connectivity index (χ2v) is 10.6. The Morgan fingerprint density at radius 2 is 1.81 bits per heavy atom. The molecule has 2 N–H and O–H groups in total. The van der Waals surface area contributed by atoms with E-state index in [2.05, 4.69) is 16.3 Å². The first-order valence-electron chi connectivity index (χ1n) is 12.0. The standard InChI is InChI=1S/C25H32N4O2/c1-15-20-4-2-3-5-21(20)27-24(26-15)29-8-6-17(7-9-29)23(30)28-22-18-10-16-11-19(22)14-25(31,12-16)13-18/h2-5,16-19,22,31H,6-14H2,1H3,(H,28,30)/t16?,18-,19+,22?,25?. The third-order valence-corrected chi connectivity index (χ3v) is 8.48. The number of hydrogen-bond donors (Lipinski definition) is 2. The van der Waals surface area contributed by atoms with E-state index in [1.54, 1.807) is 0 Å². The van der Waals surface area contributed by atoms with Crippen LogP contribution in [0.1, 0.15) is 50.6 Å². The minimum Gasteiger partial charge on any atom is -0.390 e. The predicted octanol–water partition coefficient (Wildman–Crippen LogP) is 3.21. The van der Waals surface area contributed by atoms with Gasteiger partial charge in [0.1, 0.15) is 0 Å². The molecule has 164 valence electrons. The molecule has 5 fully saturated rings. The summed E-state index contributed by atoms with van der Waals surface area (Å²) >= 11 is 0. The lowest BCUT2D eigenvalue weighted by molar-refractivity contribution is -0.148. The van der Waals surface area contributed by atoms with Crippen molar-refractivity contribution in [2.24, 2.45) is 23.7 Å².